The second kappa shape index (κ2) is 5.71. The van der Waals surface area contributed by atoms with Crippen LogP contribution in [-0.4, -0.2) is 7.05 Å². The van der Waals surface area contributed by atoms with Gasteiger partial charge in [0.05, 0.1) is 0 Å². The molecule has 21 heavy (non-hydrogen) atoms. The molecule has 0 spiro atoms. The molecule has 3 rings (SSSR count). The van der Waals surface area contributed by atoms with Gasteiger partial charge in [-0.3, -0.25) is 0 Å². The third-order valence-electron chi connectivity index (χ3n) is 4.29. The zero-order valence-corrected chi connectivity index (χ0v) is 12.9. The van der Waals surface area contributed by atoms with Crippen LogP contribution >= 0.6 is 0 Å². The van der Waals surface area contributed by atoms with Crippen LogP contribution in [0, 0.1) is 6.92 Å². The minimum absolute atomic E-state index is 0.335. The Labute approximate surface area is 126 Å². The third-order valence-corrected chi connectivity index (χ3v) is 4.29. The van der Waals surface area contributed by atoms with Crippen molar-refractivity contribution in [2.45, 2.75) is 19.9 Å². The Balaban J connectivity index is 2.29. The normalized spacial score (nSPS) is 12.5. The lowest BCUT2D eigenvalue weighted by Gasteiger charge is -2.18. The lowest BCUT2D eigenvalue weighted by atomic mass is 9.91. The van der Waals surface area contributed by atoms with E-state index in [2.05, 4.69) is 79.8 Å². The number of aryl methyl sites for hydroxylation is 1. The van der Waals surface area contributed by atoms with Crippen molar-refractivity contribution >= 4 is 10.8 Å². The zero-order chi connectivity index (χ0) is 14.8. The minimum atomic E-state index is 0.335. The first-order valence-corrected chi connectivity index (χ1v) is 7.47. The molecule has 1 atom stereocenters. The van der Waals surface area contributed by atoms with Crippen molar-refractivity contribution < 1.29 is 0 Å². The average Bonchev–Trinajstić information content (AvgIpc) is 2.55. The number of fused-ring (bicyclic) bond motifs is 1. The monoisotopic (exact) mass is 275 g/mol. The first kappa shape index (κ1) is 13.8. The van der Waals surface area contributed by atoms with Gasteiger partial charge in [-0.1, -0.05) is 60.7 Å². The molecule has 0 aliphatic rings. The Kier molecular flexibility index (Phi) is 3.76. The molecule has 0 aliphatic carbocycles. The third kappa shape index (κ3) is 2.45. The van der Waals surface area contributed by atoms with E-state index in [1.165, 1.54) is 33.0 Å². The van der Waals surface area contributed by atoms with Crippen molar-refractivity contribution in [1.82, 2.24) is 5.32 Å². The fourth-order valence-electron chi connectivity index (χ4n) is 2.96. The molecule has 3 aromatic rings. The second-order valence-electron chi connectivity index (χ2n) is 5.57. The highest BCUT2D eigenvalue weighted by molar-refractivity contribution is 5.99. The maximum Gasteiger partial charge on any atom is 0.0295 e. The lowest BCUT2D eigenvalue weighted by molar-refractivity contribution is 0.654. The van der Waals surface area contributed by atoms with Crippen LogP contribution in [0.25, 0.3) is 21.9 Å². The molecule has 3 aromatic carbocycles. The molecule has 0 fully saturated rings. The molecule has 0 radical (unpaired) electrons. The van der Waals surface area contributed by atoms with Gasteiger partial charge in [-0.15, -0.1) is 0 Å². The summed E-state index contributed by atoms with van der Waals surface area (Å²) >= 11 is 0. The van der Waals surface area contributed by atoms with Gasteiger partial charge in [0.2, 0.25) is 0 Å². The summed E-state index contributed by atoms with van der Waals surface area (Å²) in [5.41, 5.74) is 5.30. The van der Waals surface area contributed by atoms with Gasteiger partial charge in [0, 0.05) is 6.04 Å². The van der Waals surface area contributed by atoms with Crippen molar-refractivity contribution in [1.29, 1.82) is 0 Å². The predicted octanol–water partition coefficient (Wildman–Crippen LogP) is 5.10. The van der Waals surface area contributed by atoms with Crippen molar-refractivity contribution in [3.05, 3.63) is 71.8 Å². The number of nitrogens with one attached hydrogen (secondary N) is 1. The molecule has 0 heterocycles. The highest BCUT2D eigenvalue weighted by Crippen LogP contribution is 2.34. The Morgan fingerprint density at radius 1 is 0.762 bits per heavy atom. The fourth-order valence-corrected chi connectivity index (χ4v) is 2.96. The molecule has 0 aromatic heterocycles. The van der Waals surface area contributed by atoms with Crippen molar-refractivity contribution in [2.75, 3.05) is 7.05 Å². The van der Waals surface area contributed by atoms with Gasteiger partial charge in [-0.05, 0) is 53.9 Å². The highest BCUT2D eigenvalue weighted by Gasteiger charge is 2.12. The van der Waals surface area contributed by atoms with Crippen molar-refractivity contribution in [2.24, 2.45) is 0 Å². The average molecular weight is 275 g/mol. The Hall–Kier alpha value is -2.12. The molecular weight excluding hydrogens is 254 g/mol. The van der Waals surface area contributed by atoms with Gasteiger partial charge in [-0.25, -0.2) is 0 Å². The first-order valence-electron chi connectivity index (χ1n) is 7.47. The number of hydrogen-bond acceptors (Lipinski definition) is 1. The molecule has 1 unspecified atom stereocenters. The van der Waals surface area contributed by atoms with E-state index in [-0.39, 0.29) is 0 Å². The van der Waals surface area contributed by atoms with Gasteiger partial charge in [0.25, 0.3) is 0 Å². The van der Waals surface area contributed by atoms with Crippen molar-refractivity contribution in [3.8, 4) is 11.1 Å². The smallest absolute Gasteiger partial charge is 0.0295 e. The SMILES string of the molecule is CNC(C)c1ccccc1-c1ccc(C)c2ccccc12. The molecule has 0 saturated carbocycles. The predicted molar refractivity (Wildman–Crippen MR) is 91.6 cm³/mol. The summed E-state index contributed by atoms with van der Waals surface area (Å²) < 4.78 is 0. The van der Waals surface area contributed by atoms with E-state index in [1.54, 1.807) is 0 Å². The summed E-state index contributed by atoms with van der Waals surface area (Å²) in [7, 11) is 2.01. The lowest BCUT2D eigenvalue weighted by Crippen LogP contribution is -2.13. The molecule has 0 aliphatic heterocycles. The molecule has 106 valence electrons. The van der Waals surface area contributed by atoms with E-state index in [4.69, 9.17) is 0 Å². The maximum absolute atomic E-state index is 3.35. The van der Waals surface area contributed by atoms with E-state index >= 15 is 0 Å². The van der Waals surface area contributed by atoms with E-state index in [0.29, 0.717) is 6.04 Å². The highest BCUT2D eigenvalue weighted by atomic mass is 14.9. The van der Waals surface area contributed by atoms with Crippen LogP contribution < -0.4 is 5.32 Å². The quantitative estimate of drug-likeness (QED) is 0.701. The van der Waals surface area contributed by atoms with Gasteiger partial charge in [0.15, 0.2) is 0 Å². The molecule has 1 N–H and O–H groups in total. The largest absolute Gasteiger partial charge is 0.313 e. The van der Waals surface area contributed by atoms with Gasteiger partial charge in [-0.2, -0.15) is 0 Å². The van der Waals surface area contributed by atoms with Gasteiger partial charge < -0.3 is 5.32 Å². The maximum atomic E-state index is 3.35. The minimum Gasteiger partial charge on any atom is -0.313 e. The molecule has 1 heteroatoms. The van der Waals surface area contributed by atoms with E-state index < -0.39 is 0 Å². The van der Waals surface area contributed by atoms with Crippen LogP contribution in [-0.2, 0) is 0 Å². The summed E-state index contributed by atoms with van der Waals surface area (Å²) in [6.45, 7) is 4.38. The molecule has 0 saturated heterocycles. The van der Waals surface area contributed by atoms with E-state index in [1.807, 2.05) is 7.05 Å². The zero-order valence-electron chi connectivity index (χ0n) is 12.9. The van der Waals surface area contributed by atoms with Gasteiger partial charge in [0.1, 0.15) is 0 Å². The molecule has 1 nitrogen and oxygen atoms in total. The Bertz CT molecular complexity index is 774. The van der Waals surface area contributed by atoms with Crippen LogP contribution in [0.2, 0.25) is 0 Å². The number of rotatable bonds is 3. The van der Waals surface area contributed by atoms with E-state index in [9.17, 15) is 0 Å². The number of hydrogen-bond donors (Lipinski definition) is 1. The fraction of sp³-hybridized carbons (Fsp3) is 0.200. The standard InChI is InChI=1S/C20H21N/c1-14-12-13-20(18-10-6-4-8-16(14)18)19-11-7-5-9-17(19)15(2)21-3/h4-13,15,21H,1-3H3. The van der Waals surface area contributed by atoms with Crippen molar-refractivity contribution in [3.63, 3.8) is 0 Å². The van der Waals surface area contributed by atoms with E-state index in [0.717, 1.165) is 0 Å². The van der Waals surface area contributed by atoms with Crippen LogP contribution in [0.3, 0.4) is 0 Å². The first-order chi connectivity index (χ1) is 10.2. The Morgan fingerprint density at radius 3 is 2.19 bits per heavy atom. The molecular formula is C20H21N. The second-order valence-corrected chi connectivity index (χ2v) is 5.57. The molecule has 0 bridgehead atoms. The van der Waals surface area contributed by atoms with Crippen LogP contribution in [0.15, 0.2) is 60.7 Å². The number of benzene rings is 3. The summed E-state index contributed by atoms with van der Waals surface area (Å²) in [6.07, 6.45) is 0. The summed E-state index contributed by atoms with van der Waals surface area (Å²) in [6, 6.07) is 22.1. The van der Waals surface area contributed by atoms with Crippen LogP contribution in [0.1, 0.15) is 24.1 Å². The van der Waals surface area contributed by atoms with Crippen LogP contribution in [0.4, 0.5) is 0 Å². The van der Waals surface area contributed by atoms with Gasteiger partial charge >= 0.3 is 0 Å². The summed E-state index contributed by atoms with van der Waals surface area (Å²) in [5.74, 6) is 0. The Morgan fingerprint density at radius 2 is 1.43 bits per heavy atom. The summed E-state index contributed by atoms with van der Waals surface area (Å²) in [5, 5.41) is 6.01. The molecule has 0 amide bonds. The summed E-state index contributed by atoms with van der Waals surface area (Å²) in [4.78, 5) is 0. The van der Waals surface area contributed by atoms with Crippen LogP contribution in [0.5, 0.6) is 0 Å². The topological polar surface area (TPSA) is 12.0 Å².